The number of aryl methyl sites for hydroxylation is 1. The number of hydrogen-bond donors (Lipinski definition) is 1. The van der Waals surface area contributed by atoms with Gasteiger partial charge in [-0.3, -0.25) is 9.48 Å². The largest absolute Gasteiger partial charge is 0.489 e. The molecule has 124 valence electrons. The summed E-state index contributed by atoms with van der Waals surface area (Å²) in [6.07, 6.45) is 1.68. The highest BCUT2D eigenvalue weighted by Gasteiger charge is 2.13. The van der Waals surface area contributed by atoms with Crippen LogP contribution < -0.4 is 10.1 Å². The highest BCUT2D eigenvalue weighted by molar-refractivity contribution is 7.12. The maximum atomic E-state index is 12.4. The van der Waals surface area contributed by atoms with Crippen LogP contribution in [0.15, 0.2) is 48.0 Å². The van der Waals surface area contributed by atoms with Gasteiger partial charge in [-0.15, -0.1) is 11.3 Å². The number of amides is 1. The summed E-state index contributed by atoms with van der Waals surface area (Å²) in [6.45, 7) is 5.19. The summed E-state index contributed by atoms with van der Waals surface area (Å²) in [4.78, 5) is 13.0. The van der Waals surface area contributed by atoms with E-state index in [-0.39, 0.29) is 5.91 Å². The van der Waals surface area contributed by atoms with Gasteiger partial charge in [-0.1, -0.05) is 18.2 Å². The predicted octanol–water partition coefficient (Wildman–Crippen LogP) is 4.10. The van der Waals surface area contributed by atoms with Gasteiger partial charge in [0.1, 0.15) is 12.4 Å². The average molecular weight is 341 g/mol. The van der Waals surface area contributed by atoms with Crippen LogP contribution in [0.2, 0.25) is 0 Å². The number of carbonyl (C=O) groups excluding carboxylic acids is 1. The van der Waals surface area contributed by atoms with Gasteiger partial charge in [0.25, 0.3) is 5.91 Å². The minimum atomic E-state index is -0.121. The molecule has 0 unspecified atom stereocenters. The second-order valence-corrected chi connectivity index (χ2v) is 6.25. The van der Waals surface area contributed by atoms with Crippen molar-refractivity contribution in [3.63, 3.8) is 0 Å². The SMILES string of the molecule is CCn1ncc(NC(=O)c2cc(COc3ccccc3)cs2)c1C. The van der Waals surface area contributed by atoms with Crippen LogP contribution in [0.3, 0.4) is 0 Å². The standard InChI is InChI=1S/C18H19N3O2S/c1-3-21-13(2)16(10-19-21)20-18(22)17-9-14(12-24-17)11-23-15-7-5-4-6-8-15/h4-10,12H,3,11H2,1-2H3,(H,20,22). The maximum absolute atomic E-state index is 12.4. The Kier molecular flexibility index (Phi) is 4.96. The Morgan fingerprint density at radius 1 is 1.33 bits per heavy atom. The Morgan fingerprint density at radius 3 is 2.83 bits per heavy atom. The third-order valence-electron chi connectivity index (χ3n) is 3.68. The molecule has 0 saturated heterocycles. The minimum Gasteiger partial charge on any atom is -0.489 e. The third-order valence-corrected chi connectivity index (χ3v) is 4.65. The summed E-state index contributed by atoms with van der Waals surface area (Å²) in [5.41, 5.74) is 2.68. The predicted molar refractivity (Wildman–Crippen MR) is 95.7 cm³/mol. The van der Waals surface area contributed by atoms with Crippen molar-refractivity contribution in [2.24, 2.45) is 0 Å². The zero-order valence-corrected chi connectivity index (χ0v) is 14.5. The lowest BCUT2D eigenvalue weighted by molar-refractivity contribution is 0.103. The summed E-state index contributed by atoms with van der Waals surface area (Å²) in [7, 11) is 0. The van der Waals surface area contributed by atoms with Crippen LogP contribution in [0.5, 0.6) is 5.75 Å². The van der Waals surface area contributed by atoms with Crippen LogP contribution in [0.4, 0.5) is 5.69 Å². The fraction of sp³-hybridized carbons (Fsp3) is 0.222. The van der Waals surface area contributed by atoms with Crippen LogP contribution in [0, 0.1) is 6.92 Å². The van der Waals surface area contributed by atoms with E-state index in [1.54, 1.807) is 6.20 Å². The van der Waals surface area contributed by atoms with Crippen LogP contribution in [0.1, 0.15) is 27.9 Å². The van der Waals surface area contributed by atoms with Crippen LogP contribution in [-0.2, 0) is 13.2 Å². The number of nitrogens with one attached hydrogen (secondary N) is 1. The average Bonchev–Trinajstić information content (AvgIpc) is 3.21. The van der Waals surface area contributed by atoms with Gasteiger partial charge in [0.2, 0.25) is 0 Å². The molecule has 2 aromatic heterocycles. The molecule has 3 aromatic rings. The van der Waals surface area contributed by atoms with Crippen molar-refractivity contribution >= 4 is 22.9 Å². The molecule has 0 aliphatic rings. The zero-order valence-electron chi connectivity index (χ0n) is 13.7. The molecular weight excluding hydrogens is 322 g/mol. The molecule has 3 rings (SSSR count). The first-order chi connectivity index (χ1) is 11.7. The molecule has 0 saturated carbocycles. The van der Waals surface area contributed by atoms with Gasteiger partial charge in [0, 0.05) is 12.1 Å². The summed E-state index contributed by atoms with van der Waals surface area (Å²) in [5.74, 6) is 0.696. The topological polar surface area (TPSA) is 56.2 Å². The number of anilines is 1. The lowest BCUT2D eigenvalue weighted by Gasteiger charge is -2.04. The van der Waals surface area contributed by atoms with Crippen molar-refractivity contribution in [1.82, 2.24) is 9.78 Å². The molecule has 1 N–H and O–H groups in total. The second kappa shape index (κ2) is 7.31. The number of ether oxygens (including phenoxy) is 1. The van der Waals surface area contributed by atoms with Crippen LogP contribution >= 0.6 is 11.3 Å². The molecule has 6 heteroatoms. The number of rotatable bonds is 6. The highest BCUT2D eigenvalue weighted by Crippen LogP contribution is 2.20. The first-order valence-electron chi connectivity index (χ1n) is 7.76. The van der Waals surface area contributed by atoms with Gasteiger partial charge in [-0.2, -0.15) is 5.10 Å². The van der Waals surface area contributed by atoms with E-state index in [4.69, 9.17) is 4.74 Å². The number of aromatic nitrogens is 2. The Hall–Kier alpha value is -2.60. The molecule has 2 heterocycles. The Bertz CT molecular complexity index is 824. The van der Waals surface area contributed by atoms with E-state index < -0.39 is 0 Å². The van der Waals surface area contributed by atoms with E-state index >= 15 is 0 Å². The van der Waals surface area contributed by atoms with Crippen molar-refractivity contribution in [2.75, 3.05) is 5.32 Å². The van der Waals surface area contributed by atoms with E-state index in [1.165, 1.54) is 11.3 Å². The fourth-order valence-electron chi connectivity index (χ4n) is 2.33. The molecule has 0 spiro atoms. The van der Waals surface area contributed by atoms with E-state index in [2.05, 4.69) is 10.4 Å². The quantitative estimate of drug-likeness (QED) is 0.734. The monoisotopic (exact) mass is 341 g/mol. The molecule has 0 fully saturated rings. The number of hydrogen-bond acceptors (Lipinski definition) is 4. The number of thiophene rings is 1. The van der Waals surface area contributed by atoms with Gasteiger partial charge in [-0.05, 0) is 37.4 Å². The van der Waals surface area contributed by atoms with Crippen LogP contribution in [0.25, 0.3) is 0 Å². The van der Waals surface area contributed by atoms with Gasteiger partial charge in [-0.25, -0.2) is 0 Å². The molecular formula is C18H19N3O2S. The van der Waals surface area contributed by atoms with Gasteiger partial charge in [0.15, 0.2) is 0 Å². The van der Waals surface area contributed by atoms with Crippen molar-refractivity contribution < 1.29 is 9.53 Å². The Balaban J connectivity index is 1.62. The number of benzene rings is 1. The number of carbonyl (C=O) groups is 1. The first kappa shape index (κ1) is 16.3. The van der Waals surface area contributed by atoms with E-state index in [9.17, 15) is 4.79 Å². The van der Waals surface area contributed by atoms with E-state index in [0.29, 0.717) is 11.5 Å². The molecule has 0 bridgehead atoms. The molecule has 1 amide bonds. The molecule has 0 atom stereocenters. The normalized spacial score (nSPS) is 10.6. The van der Waals surface area contributed by atoms with Crippen molar-refractivity contribution in [2.45, 2.75) is 27.0 Å². The molecule has 0 aliphatic heterocycles. The highest BCUT2D eigenvalue weighted by atomic mass is 32.1. The van der Waals surface area contributed by atoms with E-state index in [0.717, 1.165) is 29.2 Å². The summed E-state index contributed by atoms with van der Waals surface area (Å²) < 4.78 is 7.55. The van der Waals surface area contributed by atoms with Crippen molar-refractivity contribution in [3.05, 3.63) is 64.1 Å². The molecule has 0 radical (unpaired) electrons. The number of para-hydroxylation sites is 1. The molecule has 24 heavy (non-hydrogen) atoms. The molecule has 0 aliphatic carbocycles. The third kappa shape index (κ3) is 3.65. The van der Waals surface area contributed by atoms with Gasteiger partial charge >= 0.3 is 0 Å². The molecule has 1 aromatic carbocycles. The molecule has 5 nitrogen and oxygen atoms in total. The summed E-state index contributed by atoms with van der Waals surface area (Å²) in [6, 6.07) is 11.5. The lowest BCUT2D eigenvalue weighted by Crippen LogP contribution is -2.11. The summed E-state index contributed by atoms with van der Waals surface area (Å²) >= 11 is 1.41. The minimum absolute atomic E-state index is 0.121. The Morgan fingerprint density at radius 2 is 2.12 bits per heavy atom. The first-order valence-corrected chi connectivity index (χ1v) is 8.64. The van der Waals surface area contributed by atoms with Crippen molar-refractivity contribution in [1.29, 1.82) is 0 Å². The van der Waals surface area contributed by atoms with Crippen molar-refractivity contribution in [3.8, 4) is 5.75 Å². The zero-order chi connectivity index (χ0) is 16.9. The Labute approximate surface area is 144 Å². The second-order valence-electron chi connectivity index (χ2n) is 5.33. The fourth-order valence-corrected chi connectivity index (χ4v) is 3.12. The van der Waals surface area contributed by atoms with Crippen LogP contribution in [-0.4, -0.2) is 15.7 Å². The van der Waals surface area contributed by atoms with Gasteiger partial charge in [0.05, 0.1) is 22.5 Å². The smallest absolute Gasteiger partial charge is 0.265 e. The lowest BCUT2D eigenvalue weighted by atomic mass is 10.3. The maximum Gasteiger partial charge on any atom is 0.265 e. The van der Waals surface area contributed by atoms with E-state index in [1.807, 2.05) is 60.3 Å². The number of nitrogens with zero attached hydrogens (tertiary/aromatic N) is 2. The van der Waals surface area contributed by atoms with Gasteiger partial charge < -0.3 is 10.1 Å². The summed E-state index contributed by atoms with van der Waals surface area (Å²) in [5, 5.41) is 9.09.